The molecular formula is C38H39ClF3N5O5. The van der Waals surface area contributed by atoms with Gasteiger partial charge in [-0.3, -0.25) is 19.8 Å². The third-order valence-corrected chi connectivity index (χ3v) is 10.9. The van der Waals surface area contributed by atoms with Crippen molar-refractivity contribution >= 4 is 29.2 Å². The summed E-state index contributed by atoms with van der Waals surface area (Å²) in [4.78, 5) is 31.3. The number of anilines is 1. The predicted octanol–water partition coefficient (Wildman–Crippen LogP) is 6.85. The second kappa shape index (κ2) is 14.1. The van der Waals surface area contributed by atoms with Crippen LogP contribution in [-0.4, -0.2) is 63.6 Å². The first-order chi connectivity index (χ1) is 24.9. The number of aromatic nitrogens is 2. The van der Waals surface area contributed by atoms with E-state index >= 15 is 4.39 Å². The van der Waals surface area contributed by atoms with Gasteiger partial charge in [-0.2, -0.15) is 0 Å². The summed E-state index contributed by atoms with van der Waals surface area (Å²) in [6.07, 6.45) is -0.100. The molecule has 1 amide bonds. The lowest BCUT2D eigenvalue weighted by Gasteiger charge is -2.25. The van der Waals surface area contributed by atoms with E-state index in [1.54, 1.807) is 22.6 Å². The summed E-state index contributed by atoms with van der Waals surface area (Å²) in [5.74, 6) is -1.55. The van der Waals surface area contributed by atoms with Crippen LogP contribution in [0.1, 0.15) is 69.6 Å². The Hall–Kier alpha value is -4.59. The Morgan fingerprint density at radius 1 is 1.13 bits per heavy atom. The van der Waals surface area contributed by atoms with Crippen LogP contribution in [0.15, 0.2) is 42.5 Å². The molecule has 1 fully saturated rings. The molecule has 3 aliphatic rings. The third-order valence-electron chi connectivity index (χ3n) is 10.5. The fraction of sp³-hybridized carbons (Fsp3) is 0.395. The molecule has 52 heavy (non-hydrogen) atoms. The van der Waals surface area contributed by atoms with Crippen LogP contribution in [0.2, 0.25) is 5.02 Å². The SMILES string of the molecule is COc1cc(OC2CCc3c(-c4cccc(NC(=O)c5nc6c(n5C)CCN(CC(F)F)C6)c4C)cccc32)c(Cl)c(F)c1CNC1(C(=O)O)CC1. The second-order valence-corrected chi connectivity index (χ2v) is 14.0. The number of carboxylic acid groups (broad SMARTS) is 1. The van der Waals surface area contributed by atoms with Crippen molar-refractivity contribution in [1.82, 2.24) is 19.8 Å². The molecular weight excluding hydrogens is 699 g/mol. The number of nitrogens with one attached hydrogen (secondary N) is 2. The number of fused-ring (bicyclic) bond motifs is 2. The lowest BCUT2D eigenvalue weighted by molar-refractivity contribution is -0.140. The quantitative estimate of drug-likeness (QED) is 0.145. The zero-order chi connectivity index (χ0) is 36.9. The maximum absolute atomic E-state index is 15.6. The van der Waals surface area contributed by atoms with Crippen molar-refractivity contribution in [2.45, 2.75) is 70.2 Å². The van der Waals surface area contributed by atoms with E-state index < -0.39 is 29.9 Å². The van der Waals surface area contributed by atoms with Crippen molar-refractivity contribution in [3.8, 4) is 22.6 Å². The van der Waals surface area contributed by atoms with Gasteiger partial charge in [0.25, 0.3) is 12.3 Å². The molecule has 0 spiro atoms. The normalized spacial score (nSPS) is 17.5. The maximum atomic E-state index is 15.6. The Kier molecular flexibility index (Phi) is 9.70. The fourth-order valence-electron chi connectivity index (χ4n) is 7.42. The molecule has 0 saturated heterocycles. The summed E-state index contributed by atoms with van der Waals surface area (Å²) in [5.41, 5.74) is 5.95. The Morgan fingerprint density at radius 2 is 1.88 bits per heavy atom. The molecule has 7 rings (SSSR count). The third kappa shape index (κ3) is 6.61. The van der Waals surface area contributed by atoms with E-state index in [9.17, 15) is 23.5 Å². The van der Waals surface area contributed by atoms with Gasteiger partial charge in [-0.05, 0) is 66.5 Å². The van der Waals surface area contributed by atoms with Crippen LogP contribution in [0.5, 0.6) is 11.5 Å². The first kappa shape index (κ1) is 35.8. The molecule has 1 atom stereocenters. The van der Waals surface area contributed by atoms with Crippen LogP contribution in [-0.2, 0) is 37.8 Å². The van der Waals surface area contributed by atoms with Crippen molar-refractivity contribution < 1.29 is 37.3 Å². The number of benzene rings is 3. The summed E-state index contributed by atoms with van der Waals surface area (Å²) in [6, 6.07) is 13.2. The highest BCUT2D eigenvalue weighted by atomic mass is 35.5. The number of methoxy groups -OCH3 is 1. The molecule has 10 nitrogen and oxygen atoms in total. The van der Waals surface area contributed by atoms with Crippen LogP contribution >= 0.6 is 11.6 Å². The summed E-state index contributed by atoms with van der Waals surface area (Å²) >= 11 is 6.51. The fourth-order valence-corrected chi connectivity index (χ4v) is 7.63. The standard InChI is InChI=1S/C38H39ClF3N5O5/c1-20-21(6-5-9-26(20)45-36(48)35-44-27-18-47(19-32(40)41)15-12-28(27)46(35)2)22-7-4-8-24-23(22)10-11-29(24)52-31-16-30(51-3)25(34(42)33(31)39)17-43-38(13-14-38)37(49)50/h4-9,16,29,32,43H,10-15,17-19H2,1-3H3,(H,45,48)(H,49,50). The van der Waals surface area contributed by atoms with E-state index in [1.165, 1.54) is 7.11 Å². The number of halogens is 4. The molecule has 0 radical (unpaired) electrons. The van der Waals surface area contributed by atoms with Crippen LogP contribution in [0, 0.1) is 12.7 Å². The molecule has 2 heterocycles. The number of imidazole rings is 1. The molecule has 0 bridgehead atoms. The number of carbonyl (C=O) groups is 2. The van der Waals surface area contributed by atoms with Gasteiger partial charge in [0.05, 0.1) is 19.3 Å². The first-order valence-corrected chi connectivity index (χ1v) is 17.6. The van der Waals surface area contributed by atoms with Crippen molar-refractivity contribution in [1.29, 1.82) is 0 Å². The molecule has 2 aliphatic carbocycles. The van der Waals surface area contributed by atoms with Gasteiger partial charge in [0.15, 0.2) is 11.6 Å². The zero-order valence-corrected chi connectivity index (χ0v) is 29.7. The van der Waals surface area contributed by atoms with Gasteiger partial charge < -0.3 is 24.5 Å². The summed E-state index contributed by atoms with van der Waals surface area (Å²) in [6.45, 7) is 2.29. The van der Waals surface area contributed by atoms with Gasteiger partial charge in [-0.15, -0.1) is 0 Å². The smallest absolute Gasteiger partial charge is 0.323 e. The number of ether oxygens (including phenoxy) is 2. The molecule has 1 saturated carbocycles. The summed E-state index contributed by atoms with van der Waals surface area (Å²) < 4.78 is 55.2. The Balaban J connectivity index is 1.10. The maximum Gasteiger partial charge on any atom is 0.323 e. The van der Waals surface area contributed by atoms with Crippen LogP contribution < -0.4 is 20.1 Å². The lowest BCUT2D eigenvalue weighted by Crippen LogP contribution is -2.38. The van der Waals surface area contributed by atoms with Crippen molar-refractivity contribution in [3.05, 3.63) is 92.8 Å². The Morgan fingerprint density at radius 3 is 2.60 bits per heavy atom. The Bertz CT molecular complexity index is 2070. The predicted molar refractivity (Wildman–Crippen MR) is 189 cm³/mol. The van der Waals surface area contributed by atoms with E-state index in [0.29, 0.717) is 50.0 Å². The number of carbonyl (C=O) groups excluding carboxylic acids is 1. The highest BCUT2D eigenvalue weighted by Gasteiger charge is 2.50. The summed E-state index contributed by atoms with van der Waals surface area (Å²) in [5, 5.41) is 15.2. The van der Waals surface area contributed by atoms with Crippen LogP contribution in [0.4, 0.5) is 18.9 Å². The van der Waals surface area contributed by atoms with E-state index in [2.05, 4.69) is 15.6 Å². The molecule has 1 aromatic heterocycles. The topological polar surface area (TPSA) is 118 Å². The van der Waals surface area contributed by atoms with Crippen LogP contribution in [0.3, 0.4) is 0 Å². The largest absolute Gasteiger partial charge is 0.496 e. The number of hydrogen-bond donors (Lipinski definition) is 3. The van der Waals surface area contributed by atoms with Crippen molar-refractivity contribution in [2.24, 2.45) is 7.05 Å². The number of amides is 1. The van der Waals surface area contributed by atoms with Gasteiger partial charge >= 0.3 is 5.97 Å². The molecule has 274 valence electrons. The van der Waals surface area contributed by atoms with E-state index in [1.807, 2.05) is 43.3 Å². The number of rotatable bonds is 12. The molecule has 3 aromatic carbocycles. The molecule has 3 N–H and O–H groups in total. The zero-order valence-electron chi connectivity index (χ0n) is 29.0. The molecule has 1 unspecified atom stereocenters. The minimum atomic E-state index is -2.44. The highest BCUT2D eigenvalue weighted by molar-refractivity contribution is 6.32. The average Bonchev–Trinajstić information content (AvgIpc) is 3.70. The second-order valence-electron chi connectivity index (χ2n) is 13.6. The lowest BCUT2D eigenvalue weighted by atomic mass is 9.93. The number of carboxylic acids is 1. The molecule has 1 aliphatic heterocycles. The van der Waals surface area contributed by atoms with E-state index in [-0.39, 0.29) is 53.5 Å². The van der Waals surface area contributed by atoms with Gasteiger partial charge in [0, 0.05) is 56.1 Å². The number of nitrogens with zero attached hydrogens (tertiary/aromatic N) is 3. The van der Waals surface area contributed by atoms with Gasteiger partial charge in [-0.25, -0.2) is 18.2 Å². The molecule has 4 aromatic rings. The van der Waals surface area contributed by atoms with E-state index in [0.717, 1.165) is 33.5 Å². The minimum absolute atomic E-state index is 0.0676. The van der Waals surface area contributed by atoms with Gasteiger partial charge in [-0.1, -0.05) is 41.9 Å². The van der Waals surface area contributed by atoms with E-state index in [4.69, 9.17) is 21.1 Å². The summed E-state index contributed by atoms with van der Waals surface area (Å²) in [7, 11) is 3.18. The average molecular weight is 738 g/mol. The highest BCUT2D eigenvalue weighted by Crippen LogP contribution is 2.45. The first-order valence-electron chi connectivity index (χ1n) is 17.2. The number of hydrogen-bond acceptors (Lipinski definition) is 7. The number of aliphatic carboxylic acids is 1. The van der Waals surface area contributed by atoms with Gasteiger partial charge in [0.1, 0.15) is 28.2 Å². The van der Waals surface area contributed by atoms with Gasteiger partial charge in [0.2, 0.25) is 0 Å². The van der Waals surface area contributed by atoms with Crippen molar-refractivity contribution in [3.63, 3.8) is 0 Å². The minimum Gasteiger partial charge on any atom is -0.496 e. The Labute approximate surface area is 303 Å². The van der Waals surface area contributed by atoms with Crippen molar-refractivity contribution in [2.75, 3.05) is 25.5 Å². The van der Waals surface area contributed by atoms with Crippen LogP contribution in [0.25, 0.3) is 11.1 Å². The molecule has 14 heteroatoms. The monoisotopic (exact) mass is 737 g/mol. The number of alkyl halides is 2.